The van der Waals surface area contributed by atoms with E-state index >= 15 is 0 Å². The largest absolute Gasteiger partial charge is 0.352 e. The highest BCUT2D eigenvalue weighted by atomic mass is 19.1. The molecule has 1 saturated carbocycles. The predicted octanol–water partition coefficient (Wildman–Crippen LogP) is 1.39. The minimum Gasteiger partial charge on any atom is -0.352 e. The molecule has 1 aliphatic rings. The van der Waals surface area contributed by atoms with Crippen molar-refractivity contribution < 1.29 is 13.6 Å². The van der Waals surface area contributed by atoms with Crippen LogP contribution in [-0.2, 0) is 0 Å². The summed E-state index contributed by atoms with van der Waals surface area (Å²) in [7, 11) is 0. The maximum Gasteiger partial charge on any atom is 0.251 e. The van der Waals surface area contributed by atoms with E-state index in [1.54, 1.807) is 0 Å². The average Bonchev–Trinajstić information content (AvgIpc) is 3.09. The van der Waals surface area contributed by atoms with Gasteiger partial charge in [0.2, 0.25) is 0 Å². The molecule has 1 aliphatic carbocycles. The van der Waals surface area contributed by atoms with Gasteiger partial charge in [-0.3, -0.25) is 10.6 Å². The fraction of sp³-hybridized carbons (Fsp3) is 0.364. The highest BCUT2D eigenvalue weighted by molar-refractivity contribution is 5.94. The number of hydrogen-bond acceptors (Lipinski definition) is 3. The highest BCUT2D eigenvalue weighted by Crippen LogP contribution is 2.27. The summed E-state index contributed by atoms with van der Waals surface area (Å²) >= 11 is 0. The molecule has 1 aromatic carbocycles. The van der Waals surface area contributed by atoms with E-state index in [0.29, 0.717) is 12.5 Å². The minimum atomic E-state index is -0.885. The molecule has 4 N–H and O–H groups in total. The number of nitrogens with one attached hydrogen (secondary N) is 2. The van der Waals surface area contributed by atoms with Crippen molar-refractivity contribution in [2.45, 2.75) is 12.8 Å². The maximum atomic E-state index is 13.3. The number of rotatable bonds is 4. The summed E-state index contributed by atoms with van der Waals surface area (Å²) in [5.74, 6) is 3.22. The Morgan fingerprint density at radius 2 is 1.94 bits per heavy atom. The molecular formula is C11H13F2N3O. The standard InChI is InChI=1S/C11H13F2N3O/c12-8-3-7(4-9(13)10(8)16-14)11(17)15-5-6-1-2-6/h3-4,6,16H,1-2,5,14H2,(H,15,17). The van der Waals surface area contributed by atoms with Gasteiger partial charge in [-0.2, -0.15) is 0 Å². The lowest BCUT2D eigenvalue weighted by molar-refractivity contribution is 0.0951. The summed E-state index contributed by atoms with van der Waals surface area (Å²) in [6.07, 6.45) is 2.19. The van der Waals surface area contributed by atoms with E-state index in [0.717, 1.165) is 25.0 Å². The number of halogens is 2. The topological polar surface area (TPSA) is 67.1 Å². The normalized spacial score (nSPS) is 14.5. The van der Waals surface area contributed by atoms with Gasteiger partial charge >= 0.3 is 0 Å². The van der Waals surface area contributed by atoms with Crippen LogP contribution >= 0.6 is 0 Å². The number of anilines is 1. The smallest absolute Gasteiger partial charge is 0.251 e. The van der Waals surface area contributed by atoms with Crippen LogP contribution in [0.1, 0.15) is 23.2 Å². The lowest BCUT2D eigenvalue weighted by atomic mass is 10.1. The molecule has 0 atom stereocenters. The molecule has 0 saturated heterocycles. The Morgan fingerprint density at radius 3 is 2.41 bits per heavy atom. The fourth-order valence-corrected chi connectivity index (χ4v) is 1.50. The Morgan fingerprint density at radius 1 is 1.35 bits per heavy atom. The number of nitrogens with two attached hydrogens (primary N) is 1. The molecule has 92 valence electrons. The molecule has 0 aliphatic heterocycles. The summed E-state index contributed by atoms with van der Waals surface area (Å²) in [4.78, 5) is 11.6. The Balaban J connectivity index is 2.11. The molecule has 0 aromatic heterocycles. The van der Waals surface area contributed by atoms with Crippen LogP contribution in [-0.4, -0.2) is 12.5 Å². The van der Waals surface area contributed by atoms with Crippen LogP contribution in [0.2, 0.25) is 0 Å². The number of carbonyl (C=O) groups excluding carboxylic acids is 1. The first kappa shape index (κ1) is 11.8. The lowest BCUT2D eigenvalue weighted by Crippen LogP contribution is -2.26. The van der Waals surface area contributed by atoms with Gasteiger partial charge in [0, 0.05) is 12.1 Å². The van der Waals surface area contributed by atoms with Crippen LogP contribution in [0.5, 0.6) is 0 Å². The SMILES string of the molecule is NNc1c(F)cc(C(=O)NCC2CC2)cc1F. The Bertz CT molecular complexity index is 423. The molecule has 0 radical (unpaired) electrons. The molecule has 4 nitrogen and oxygen atoms in total. The zero-order valence-corrected chi connectivity index (χ0v) is 9.09. The molecule has 6 heteroatoms. The first-order valence-corrected chi connectivity index (χ1v) is 5.35. The van der Waals surface area contributed by atoms with Crippen molar-refractivity contribution in [2.24, 2.45) is 11.8 Å². The van der Waals surface area contributed by atoms with Gasteiger partial charge in [-0.05, 0) is 30.9 Å². The summed E-state index contributed by atoms with van der Waals surface area (Å²) in [5, 5.41) is 2.63. The third-order valence-electron chi connectivity index (χ3n) is 2.70. The summed E-state index contributed by atoms with van der Waals surface area (Å²) in [6, 6.07) is 1.92. The van der Waals surface area contributed by atoms with Gasteiger partial charge in [0.05, 0.1) is 0 Å². The number of benzene rings is 1. The van der Waals surface area contributed by atoms with Crippen molar-refractivity contribution >= 4 is 11.6 Å². The molecule has 0 heterocycles. The highest BCUT2D eigenvalue weighted by Gasteiger charge is 2.22. The molecule has 1 fully saturated rings. The van der Waals surface area contributed by atoms with E-state index in [2.05, 4.69) is 5.32 Å². The van der Waals surface area contributed by atoms with Crippen molar-refractivity contribution in [2.75, 3.05) is 12.0 Å². The van der Waals surface area contributed by atoms with Gasteiger partial charge in [-0.15, -0.1) is 0 Å². The first-order chi connectivity index (χ1) is 8.11. The van der Waals surface area contributed by atoms with E-state index in [4.69, 9.17) is 5.84 Å². The maximum absolute atomic E-state index is 13.3. The quantitative estimate of drug-likeness (QED) is 0.551. The van der Waals surface area contributed by atoms with Crippen molar-refractivity contribution in [3.8, 4) is 0 Å². The number of hydrogen-bond donors (Lipinski definition) is 3. The second kappa shape index (κ2) is 4.67. The van der Waals surface area contributed by atoms with Crippen LogP contribution in [0.25, 0.3) is 0 Å². The molecule has 0 unspecified atom stereocenters. The van der Waals surface area contributed by atoms with E-state index < -0.39 is 23.2 Å². The Kier molecular flexibility index (Phi) is 3.23. The van der Waals surface area contributed by atoms with E-state index in [-0.39, 0.29) is 5.56 Å². The van der Waals surface area contributed by atoms with Crippen molar-refractivity contribution in [1.82, 2.24) is 5.32 Å². The fourth-order valence-electron chi connectivity index (χ4n) is 1.50. The van der Waals surface area contributed by atoms with Crippen molar-refractivity contribution in [3.63, 3.8) is 0 Å². The minimum absolute atomic E-state index is 0.0420. The molecule has 0 bridgehead atoms. The van der Waals surface area contributed by atoms with E-state index in [1.165, 1.54) is 0 Å². The first-order valence-electron chi connectivity index (χ1n) is 5.35. The zero-order valence-electron chi connectivity index (χ0n) is 9.09. The van der Waals surface area contributed by atoms with Gasteiger partial charge in [-0.25, -0.2) is 8.78 Å². The van der Waals surface area contributed by atoms with Crippen molar-refractivity contribution in [3.05, 3.63) is 29.3 Å². The van der Waals surface area contributed by atoms with Crippen molar-refractivity contribution in [1.29, 1.82) is 0 Å². The van der Waals surface area contributed by atoms with Gasteiger partial charge in [0.15, 0.2) is 11.6 Å². The van der Waals surface area contributed by atoms with E-state index in [1.807, 2.05) is 5.43 Å². The summed E-state index contributed by atoms with van der Waals surface area (Å²) < 4.78 is 26.6. The second-order valence-corrected chi connectivity index (χ2v) is 4.11. The Labute approximate surface area is 97.2 Å². The summed E-state index contributed by atoms with van der Waals surface area (Å²) in [5.41, 5.74) is 1.43. The molecule has 2 rings (SSSR count). The summed E-state index contributed by atoms with van der Waals surface area (Å²) in [6.45, 7) is 0.555. The second-order valence-electron chi connectivity index (χ2n) is 4.11. The zero-order chi connectivity index (χ0) is 12.4. The third-order valence-corrected chi connectivity index (χ3v) is 2.70. The molecule has 1 aromatic rings. The van der Waals surface area contributed by atoms with Gasteiger partial charge < -0.3 is 10.7 Å². The average molecular weight is 241 g/mol. The lowest BCUT2D eigenvalue weighted by Gasteiger charge is -2.08. The molecular weight excluding hydrogens is 228 g/mol. The molecule has 0 spiro atoms. The van der Waals surface area contributed by atoms with Gasteiger partial charge in [0.1, 0.15) is 5.69 Å². The van der Waals surface area contributed by atoms with Gasteiger partial charge in [-0.1, -0.05) is 0 Å². The van der Waals surface area contributed by atoms with Crippen LogP contribution in [0, 0.1) is 17.6 Å². The third kappa shape index (κ3) is 2.71. The van der Waals surface area contributed by atoms with Crippen LogP contribution in [0.15, 0.2) is 12.1 Å². The number of nitrogen functional groups attached to an aromatic ring is 1. The number of hydrazine groups is 1. The predicted molar refractivity (Wildman–Crippen MR) is 59.2 cm³/mol. The number of amides is 1. The number of carbonyl (C=O) groups is 1. The van der Waals surface area contributed by atoms with Crippen LogP contribution in [0.3, 0.4) is 0 Å². The van der Waals surface area contributed by atoms with Crippen LogP contribution in [0.4, 0.5) is 14.5 Å². The monoisotopic (exact) mass is 241 g/mol. The molecule has 17 heavy (non-hydrogen) atoms. The molecule has 1 amide bonds. The Hall–Kier alpha value is -1.69. The van der Waals surface area contributed by atoms with Gasteiger partial charge in [0.25, 0.3) is 5.91 Å². The van der Waals surface area contributed by atoms with E-state index in [9.17, 15) is 13.6 Å². The van der Waals surface area contributed by atoms with Crippen LogP contribution < -0.4 is 16.6 Å².